The van der Waals surface area contributed by atoms with E-state index in [0.29, 0.717) is 22.5 Å². The second kappa shape index (κ2) is 8.89. The molecule has 156 valence electrons. The fourth-order valence-electron chi connectivity index (χ4n) is 3.42. The van der Waals surface area contributed by atoms with Gasteiger partial charge in [0.2, 0.25) is 0 Å². The zero-order chi connectivity index (χ0) is 21.9. The zero-order valence-electron chi connectivity index (χ0n) is 17.5. The number of benzene rings is 1. The Labute approximate surface area is 169 Å². The number of hydrogen-bond donors (Lipinski definition) is 1. The molecule has 8 heteroatoms. The van der Waals surface area contributed by atoms with Gasteiger partial charge in [-0.2, -0.15) is 0 Å². The number of Topliss-reactive ketones (excluding diaryl/α,β-unsaturated/α-hetero) is 1. The van der Waals surface area contributed by atoms with E-state index >= 15 is 0 Å². The van der Waals surface area contributed by atoms with Crippen LogP contribution in [0.1, 0.15) is 46.0 Å². The average Bonchev–Trinajstić information content (AvgIpc) is 2.91. The lowest BCUT2D eigenvalue weighted by Gasteiger charge is -2.27. The minimum absolute atomic E-state index is 0.0376. The number of hydrogen-bond acceptors (Lipinski definition) is 4. The van der Waals surface area contributed by atoms with Crippen LogP contribution in [0.15, 0.2) is 24.3 Å². The summed E-state index contributed by atoms with van der Waals surface area (Å²) in [6, 6.07) is 4.41. The van der Waals surface area contributed by atoms with Crippen LogP contribution in [0.4, 0.5) is 14.9 Å². The van der Waals surface area contributed by atoms with E-state index in [1.807, 2.05) is 0 Å². The highest BCUT2D eigenvalue weighted by Crippen LogP contribution is 2.25. The predicted molar refractivity (Wildman–Crippen MR) is 108 cm³/mol. The Morgan fingerprint density at radius 1 is 1.24 bits per heavy atom. The Morgan fingerprint density at radius 2 is 1.86 bits per heavy atom. The van der Waals surface area contributed by atoms with Crippen molar-refractivity contribution in [3.63, 3.8) is 0 Å². The van der Waals surface area contributed by atoms with Gasteiger partial charge < -0.3 is 19.5 Å². The molecular weight excluding hydrogens is 377 g/mol. The molecule has 0 spiro atoms. The summed E-state index contributed by atoms with van der Waals surface area (Å²) in [7, 11) is 2.96. The van der Waals surface area contributed by atoms with Crippen molar-refractivity contribution in [2.75, 3.05) is 19.0 Å². The van der Waals surface area contributed by atoms with Crippen LogP contribution < -0.4 is 5.32 Å². The summed E-state index contributed by atoms with van der Waals surface area (Å²) in [5.74, 6) is -1.41. The molecule has 1 atom stereocenters. The van der Waals surface area contributed by atoms with Gasteiger partial charge in [0.05, 0.1) is 18.8 Å². The van der Waals surface area contributed by atoms with Gasteiger partial charge in [-0.25, -0.2) is 14.0 Å². The minimum atomic E-state index is -0.822. The van der Waals surface area contributed by atoms with Crippen LogP contribution in [0.25, 0.3) is 0 Å². The van der Waals surface area contributed by atoms with E-state index in [1.54, 1.807) is 45.4 Å². The van der Waals surface area contributed by atoms with Crippen molar-refractivity contribution in [2.24, 2.45) is 7.05 Å². The summed E-state index contributed by atoms with van der Waals surface area (Å²) in [5, 5.41) is 2.50. The lowest BCUT2D eigenvalue weighted by Crippen LogP contribution is -2.45. The number of anilines is 1. The monoisotopic (exact) mass is 403 g/mol. The molecule has 2 aromatic rings. The van der Waals surface area contributed by atoms with Crippen LogP contribution in [0.3, 0.4) is 0 Å². The van der Waals surface area contributed by atoms with E-state index in [9.17, 15) is 18.8 Å². The first-order valence-electron chi connectivity index (χ1n) is 9.26. The number of carbonyl (C=O) groups excluding carboxylic acids is 3. The van der Waals surface area contributed by atoms with Crippen molar-refractivity contribution in [1.29, 1.82) is 0 Å². The molecule has 2 rings (SSSR count). The van der Waals surface area contributed by atoms with Crippen molar-refractivity contribution in [1.82, 2.24) is 9.47 Å². The zero-order valence-corrected chi connectivity index (χ0v) is 17.5. The SMILES string of the molecule is CCN(C(=O)Nc1ccccc1F)C(C)C(=O)c1c(C)c(C(=O)OC)n(C)c1C. The molecule has 0 aliphatic heterocycles. The largest absolute Gasteiger partial charge is 0.464 e. The fraction of sp³-hybridized carbons (Fsp3) is 0.381. The van der Waals surface area contributed by atoms with Crippen molar-refractivity contribution < 1.29 is 23.5 Å². The minimum Gasteiger partial charge on any atom is -0.464 e. The van der Waals surface area contributed by atoms with Gasteiger partial charge in [0, 0.05) is 24.8 Å². The lowest BCUT2D eigenvalue weighted by atomic mass is 10.00. The quantitative estimate of drug-likeness (QED) is 0.589. The van der Waals surface area contributed by atoms with Crippen LogP contribution >= 0.6 is 0 Å². The highest BCUT2D eigenvalue weighted by Gasteiger charge is 2.32. The number of halogens is 1. The van der Waals surface area contributed by atoms with Crippen LogP contribution in [0, 0.1) is 19.7 Å². The van der Waals surface area contributed by atoms with Crippen molar-refractivity contribution in [3.8, 4) is 0 Å². The van der Waals surface area contributed by atoms with E-state index in [4.69, 9.17) is 4.74 Å². The molecule has 0 saturated carbocycles. The van der Waals surface area contributed by atoms with E-state index in [-0.39, 0.29) is 18.0 Å². The number of amides is 2. The molecule has 7 nitrogen and oxygen atoms in total. The van der Waals surface area contributed by atoms with Crippen LogP contribution in [-0.2, 0) is 11.8 Å². The van der Waals surface area contributed by atoms with Gasteiger partial charge in [-0.05, 0) is 45.4 Å². The Morgan fingerprint density at radius 3 is 2.41 bits per heavy atom. The van der Waals surface area contributed by atoms with Gasteiger partial charge >= 0.3 is 12.0 Å². The van der Waals surface area contributed by atoms with Crippen molar-refractivity contribution in [2.45, 2.75) is 33.7 Å². The Kier molecular flexibility index (Phi) is 6.79. The maximum absolute atomic E-state index is 13.9. The first-order chi connectivity index (χ1) is 13.6. The van der Waals surface area contributed by atoms with Gasteiger partial charge in [-0.15, -0.1) is 0 Å². The summed E-state index contributed by atoms with van der Waals surface area (Å²) >= 11 is 0. The number of methoxy groups -OCH3 is 1. The number of urea groups is 1. The van der Waals surface area contributed by atoms with Gasteiger partial charge in [0.25, 0.3) is 0 Å². The van der Waals surface area contributed by atoms with E-state index in [2.05, 4.69) is 5.32 Å². The first kappa shape index (κ1) is 22.1. The van der Waals surface area contributed by atoms with Gasteiger partial charge in [-0.1, -0.05) is 12.1 Å². The van der Waals surface area contributed by atoms with Crippen LogP contribution in [-0.4, -0.2) is 46.9 Å². The fourth-order valence-corrected chi connectivity index (χ4v) is 3.42. The summed E-state index contributed by atoms with van der Waals surface area (Å²) in [6.07, 6.45) is 0. The Bertz CT molecular complexity index is 952. The summed E-state index contributed by atoms with van der Waals surface area (Å²) in [5.41, 5.74) is 1.80. The number of carbonyl (C=O) groups is 3. The third-order valence-corrected chi connectivity index (χ3v) is 5.12. The number of para-hydroxylation sites is 1. The number of ketones is 1. The topological polar surface area (TPSA) is 80.6 Å². The summed E-state index contributed by atoms with van der Waals surface area (Å²) in [4.78, 5) is 39.3. The highest BCUT2D eigenvalue weighted by atomic mass is 19.1. The summed E-state index contributed by atoms with van der Waals surface area (Å²) in [6.45, 7) is 6.98. The molecule has 1 unspecified atom stereocenters. The van der Waals surface area contributed by atoms with Crippen molar-refractivity contribution in [3.05, 3.63) is 52.6 Å². The average molecular weight is 403 g/mol. The summed E-state index contributed by atoms with van der Waals surface area (Å²) < 4.78 is 20.3. The first-order valence-corrected chi connectivity index (χ1v) is 9.26. The molecule has 1 N–H and O–H groups in total. The number of ether oxygens (including phenoxy) is 1. The molecule has 2 amide bonds. The van der Waals surface area contributed by atoms with E-state index in [1.165, 1.54) is 30.2 Å². The number of nitrogens with zero attached hydrogens (tertiary/aromatic N) is 2. The van der Waals surface area contributed by atoms with Crippen LogP contribution in [0.2, 0.25) is 0 Å². The molecule has 1 heterocycles. The van der Waals surface area contributed by atoms with E-state index < -0.39 is 23.9 Å². The second-order valence-corrected chi connectivity index (χ2v) is 6.72. The molecule has 0 saturated heterocycles. The molecule has 0 bridgehead atoms. The molecular formula is C21H26FN3O4. The molecule has 0 aliphatic carbocycles. The number of rotatable bonds is 6. The smallest absolute Gasteiger partial charge is 0.354 e. The molecule has 29 heavy (non-hydrogen) atoms. The third-order valence-electron chi connectivity index (χ3n) is 5.12. The number of likely N-dealkylation sites (N-methyl/N-ethyl adjacent to an activating group) is 1. The second-order valence-electron chi connectivity index (χ2n) is 6.72. The van der Waals surface area contributed by atoms with Gasteiger partial charge in [0.15, 0.2) is 5.78 Å². The van der Waals surface area contributed by atoms with E-state index in [0.717, 1.165) is 0 Å². The standard InChI is InChI=1S/C21H26FN3O4/c1-7-25(21(28)23-16-11-9-8-10-15(16)22)14(4)19(26)17-12(2)18(20(27)29-6)24(5)13(17)3/h8-11,14H,7H2,1-6H3,(H,23,28). The molecule has 1 aromatic carbocycles. The maximum Gasteiger partial charge on any atom is 0.354 e. The molecule has 0 aliphatic rings. The van der Waals surface area contributed by atoms with Gasteiger partial charge in [0.1, 0.15) is 11.5 Å². The number of nitrogens with one attached hydrogen (secondary N) is 1. The lowest BCUT2D eigenvalue weighted by molar-refractivity contribution is 0.0588. The molecule has 0 radical (unpaired) electrons. The van der Waals surface area contributed by atoms with Gasteiger partial charge in [-0.3, -0.25) is 4.79 Å². The number of aromatic nitrogens is 1. The Balaban J connectivity index is 2.34. The third kappa shape index (κ3) is 4.16. The Hall–Kier alpha value is -3.16. The van der Waals surface area contributed by atoms with Crippen molar-refractivity contribution >= 4 is 23.5 Å². The predicted octanol–water partition coefficient (Wildman–Crippen LogP) is 3.69. The van der Waals surface area contributed by atoms with Crippen LogP contribution in [0.5, 0.6) is 0 Å². The molecule has 1 aromatic heterocycles. The maximum atomic E-state index is 13.9. The normalized spacial score (nSPS) is 11.7. The highest BCUT2D eigenvalue weighted by molar-refractivity contribution is 6.07. The number of esters is 1. The molecule has 0 fully saturated rings.